The maximum absolute atomic E-state index is 11.5. The van der Waals surface area contributed by atoms with Crippen LogP contribution in [0.15, 0.2) is 42.6 Å². The van der Waals surface area contributed by atoms with Crippen LogP contribution in [0.1, 0.15) is 5.56 Å². The Morgan fingerprint density at radius 3 is 2.60 bits per heavy atom. The minimum absolute atomic E-state index is 0.124. The third kappa shape index (κ3) is 2.03. The SMILES string of the molecule is O=C1C=CC(=O)N1CCc1ccnc2c(O)cccc12. The molecule has 0 atom stereocenters. The van der Waals surface area contributed by atoms with Gasteiger partial charge in [0.25, 0.3) is 11.8 Å². The van der Waals surface area contributed by atoms with Crippen LogP contribution in [0, 0.1) is 0 Å². The smallest absolute Gasteiger partial charge is 0.253 e. The van der Waals surface area contributed by atoms with E-state index in [-0.39, 0.29) is 17.6 Å². The molecule has 5 nitrogen and oxygen atoms in total. The minimum Gasteiger partial charge on any atom is -0.506 e. The van der Waals surface area contributed by atoms with Crippen LogP contribution in [0.5, 0.6) is 5.75 Å². The number of carbonyl (C=O) groups excluding carboxylic acids is 2. The van der Waals surface area contributed by atoms with Gasteiger partial charge in [-0.25, -0.2) is 0 Å². The quantitative estimate of drug-likeness (QED) is 0.854. The molecule has 1 N–H and O–H groups in total. The molecule has 0 fully saturated rings. The highest BCUT2D eigenvalue weighted by Gasteiger charge is 2.22. The number of benzene rings is 1. The molecule has 1 aromatic carbocycles. The van der Waals surface area contributed by atoms with Gasteiger partial charge in [-0.1, -0.05) is 12.1 Å². The lowest BCUT2D eigenvalue weighted by atomic mass is 10.1. The zero-order chi connectivity index (χ0) is 14.1. The molecule has 1 aromatic heterocycles. The van der Waals surface area contributed by atoms with Gasteiger partial charge in [0, 0.05) is 30.3 Å². The van der Waals surface area contributed by atoms with Crippen LogP contribution in [0.2, 0.25) is 0 Å². The number of carbonyl (C=O) groups is 2. The third-order valence-electron chi connectivity index (χ3n) is 3.35. The lowest BCUT2D eigenvalue weighted by molar-refractivity contribution is -0.136. The molecule has 2 heterocycles. The number of fused-ring (bicyclic) bond motifs is 1. The topological polar surface area (TPSA) is 70.5 Å². The molecule has 0 saturated carbocycles. The molecule has 0 radical (unpaired) electrons. The van der Waals surface area contributed by atoms with Gasteiger partial charge in [-0.3, -0.25) is 19.5 Å². The standard InChI is InChI=1S/C15H12N2O3/c18-12-3-1-2-11-10(6-8-16-15(11)12)7-9-17-13(19)4-5-14(17)20/h1-6,8,18H,7,9H2. The van der Waals surface area contributed by atoms with Crippen molar-refractivity contribution in [2.75, 3.05) is 6.54 Å². The van der Waals surface area contributed by atoms with E-state index < -0.39 is 0 Å². The van der Waals surface area contributed by atoms with E-state index in [1.165, 1.54) is 17.1 Å². The van der Waals surface area contributed by atoms with E-state index in [1.54, 1.807) is 18.3 Å². The highest BCUT2D eigenvalue weighted by Crippen LogP contribution is 2.25. The Morgan fingerprint density at radius 2 is 1.85 bits per heavy atom. The number of rotatable bonds is 3. The van der Waals surface area contributed by atoms with Gasteiger partial charge in [-0.05, 0) is 24.1 Å². The van der Waals surface area contributed by atoms with Crippen molar-refractivity contribution >= 4 is 22.7 Å². The lowest BCUT2D eigenvalue weighted by Crippen LogP contribution is -2.31. The van der Waals surface area contributed by atoms with Crippen LogP contribution in [0.3, 0.4) is 0 Å². The van der Waals surface area contributed by atoms with Crippen molar-refractivity contribution in [2.45, 2.75) is 6.42 Å². The van der Waals surface area contributed by atoms with Crippen LogP contribution in [-0.2, 0) is 16.0 Å². The van der Waals surface area contributed by atoms with E-state index >= 15 is 0 Å². The molecule has 2 amide bonds. The third-order valence-corrected chi connectivity index (χ3v) is 3.35. The largest absolute Gasteiger partial charge is 0.506 e. The zero-order valence-corrected chi connectivity index (χ0v) is 10.6. The number of hydrogen-bond donors (Lipinski definition) is 1. The first-order valence-electron chi connectivity index (χ1n) is 6.26. The Bertz CT molecular complexity index is 719. The summed E-state index contributed by atoms with van der Waals surface area (Å²) in [6.07, 6.45) is 4.70. The molecule has 1 aliphatic heterocycles. The van der Waals surface area contributed by atoms with Crippen molar-refractivity contribution in [3.8, 4) is 5.75 Å². The fourth-order valence-corrected chi connectivity index (χ4v) is 2.32. The summed E-state index contributed by atoms with van der Waals surface area (Å²) in [4.78, 5) is 28.3. The van der Waals surface area contributed by atoms with Crippen molar-refractivity contribution in [1.29, 1.82) is 0 Å². The molecule has 0 saturated heterocycles. The number of amides is 2. The number of aromatic nitrogens is 1. The Balaban J connectivity index is 1.87. The summed E-state index contributed by atoms with van der Waals surface area (Å²) >= 11 is 0. The molecule has 2 aromatic rings. The number of para-hydroxylation sites is 1. The van der Waals surface area contributed by atoms with Crippen molar-refractivity contribution in [1.82, 2.24) is 9.88 Å². The van der Waals surface area contributed by atoms with Crippen LogP contribution in [0.4, 0.5) is 0 Å². The van der Waals surface area contributed by atoms with Gasteiger partial charge < -0.3 is 5.11 Å². The summed E-state index contributed by atoms with van der Waals surface area (Å²) in [5.41, 5.74) is 1.47. The summed E-state index contributed by atoms with van der Waals surface area (Å²) in [6.45, 7) is 0.319. The first kappa shape index (κ1) is 12.3. The lowest BCUT2D eigenvalue weighted by Gasteiger charge is -2.14. The van der Waals surface area contributed by atoms with Crippen molar-refractivity contribution in [3.05, 3.63) is 48.2 Å². The van der Waals surface area contributed by atoms with E-state index in [0.29, 0.717) is 18.5 Å². The minimum atomic E-state index is -0.281. The normalized spacial score (nSPS) is 14.5. The molecule has 20 heavy (non-hydrogen) atoms. The maximum Gasteiger partial charge on any atom is 0.253 e. The maximum atomic E-state index is 11.5. The molecule has 0 spiro atoms. The first-order valence-corrected chi connectivity index (χ1v) is 6.26. The number of pyridine rings is 1. The van der Waals surface area contributed by atoms with Gasteiger partial charge in [0.15, 0.2) is 0 Å². The van der Waals surface area contributed by atoms with Gasteiger partial charge in [0.05, 0.1) is 0 Å². The number of aromatic hydroxyl groups is 1. The predicted octanol–water partition coefficient (Wildman–Crippen LogP) is 1.41. The van der Waals surface area contributed by atoms with Crippen LogP contribution in [-0.4, -0.2) is 33.3 Å². The van der Waals surface area contributed by atoms with Gasteiger partial charge in [0.1, 0.15) is 11.3 Å². The van der Waals surface area contributed by atoms with E-state index in [4.69, 9.17) is 0 Å². The molecule has 0 unspecified atom stereocenters. The number of imide groups is 1. The molecule has 3 rings (SSSR count). The second kappa shape index (κ2) is 4.77. The Kier molecular flexibility index (Phi) is 2.95. The fourth-order valence-electron chi connectivity index (χ4n) is 2.32. The zero-order valence-electron chi connectivity index (χ0n) is 10.6. The van der Waals surface area contributed by atoms with Crippen LogP contribution < -0.4 is 0 Å². The molecule has 0 aliphatic carbocycles. The van der Waals surface area contributed by atoms with Crippen LogP contribution >= 0.6 is 0 Å². The van der Waals surface area contributed by atoms with E-state index in [0.717, 1.165) is 10.9 Å². The summed E-state index contributed by atoms with van der Waals surface area (Å²) in [7, 11) is 0. The van der Waals surface area contributed by atoms with Gasteiger partial charge in [-0.15, -0.1) is 0 Å². The first-order chi connectivity index (χ1) is 9.66. The Hall–Kier alpha value is -2.69. The molecule has 1 aliphatic rings. The van der Waals surface area contributed by atoms with Crippen molar-refractivity contribution in [2.24, 2.45) is 0 Å². The number of phenolic OH excluding ortho intramolecular Hbond substituents is 1. The second-order valence-electron chi connectivity index (χ2n) is 4.55. The highest BCUT2D eigenvalue weighted by molar-refractivity contribution is 6.12. The molecule has 5 heteroatoms. The molecule has 100 valence electrons. The second-order valence-corrected chi connectivity index (χ2v) is 4.55. The van der Waals surface area contributed by atoms with E-state index in [2.05, 4.69) is 4.98 Å². The highest BCUT2D eigenvalue weighted by atomic mass is 16.3. The van der Waals surface area contributed by atoms with Crippen molar-refractivity contribution < 1.29 is 14.7 Å². The number of phenols is 1. The predicted molar refractivity (Wildman–Crippen MR) is 73.0 cm³/mol. The summed E-state index contributed by atoms with van der Waals surface area (Å²) in [6, 6.07) is 7.02. The molecular weight excluding hydrogens is 256 g/mol. The van der Waals surface area contributed by atoms with Crippen LogP contribution in [0.25, 0.3) is 10.9 Å². The monoisotopic (exact) mass is 268 g/mol. The van der Waals surface area contributed by atoms with Gasteiger partial charge >= 0.3 is 0 Å². The average Bonchev–Trinajstić information content (AvgIpc) is 2.76. The number of hydrogen-bond acceptors (Lipinski definition) is 4. The van der Waals surface area contributed by atoms with Crippen molar-refractivity contribution in [3.63, 3.8) is 0 Å². The summed E-state index contributed by atoms with van der Waals surface area (Å²) in [5, 5.41) is 10.6. The van der Waals surface area contributed by atoms with E-state index in [9.17, 15) is 14.7 Å². The fraction of sp³-hybridized carbons (Fsp3) is 0.133. The molecular formula is C15H12N2O3. The van der Waals surface area contributed by atoms with E-state index in [1.807, 2.05) is 12.1 Å². The summed E-state index contributed by atoms with van der Waals surface area (Å²) < 4.78 is 0. The Labute approximate surface area is 115 Å². The summed E-state index contributed by atoms with van der Waals surface area (Å²) in [5.74, 6) is -0.438. The average molecular weight is 268 g/mol. The van der Waals surface area contributed by atoms with Gasteiger partial charge in [-0.2, -0.15) is 0 Å². The number of nitrogens with zero attached hydrogens (tertiary/aromatic N) is 2. The molecule has 0 bridgehead atoms. The Morgan fingerprint density at radius 1 is 1.10 bits per heavy atom. The van der Waals surface area contributed by atoms with Gasteiger partial charge in [0.2, 0.25) is 0 Å².